The molecule has 2 unspecified atom stereocenters. The van der Waals surface area contributed by atoms with Crippen molar-refractivity contribution in [2.75, 3.05) is 12.4 Å². The molecular formula is C17H21NO3. The van der Waals surface area contributed by atoms with Gasteiger partial charge in [-0.3, -0.25) is 9.59 Å². The maximum atomic E-state index is 12.5. The number of amides is 1. The number of carbonyl (C=O) groups excluding carboxylic acids is 2. The molecule has 1 aromatic carbocycles. The van der Waals surface area contributed by atoms with Gasteiger partial charge in [-0.25, -0.2) is 0 Å². The van der Waals surface area contributed by atoms with Crippen molar-refractivity contribution in [3.63, 3.8) is 0 Å². The summed E-state index contributed by atoms with van der Waals surface area (Å²) in [6.45, 7) is 0. The summed E-state index contributed by atoms with van der Waals surface area (Å²) in [6, 6.07) is 7.41. The largest absolute Gasteiger partial charge is 0.495 e. The second-order valence-corrected chi connectivity index (χ2v) is 6.08. The molecule has 1 amide bonds. The van der Waals surface area contributed by atoms with E-state index in [1.807, 2.05) is 24.3 Å². The van der Waals surface area contributed by atoms with Gasteiger partial charge in [0.25, 0.3) is 0 Å². The molecule has 2 aliphatic rings. The van der Waals surface area contributed by atoms with E-state index in [1.165, 1.54) is 0 Å². The molecule has 21 heavy (non-hydrogen) atoms. The summed E-state index contributed by atoms with van der Waals surface area (Å²) in [5.74, 6) is 1.23. The highest BCUT2D eigenvalue weighted by molar-refractivity contribution is 5.96. The maximum absolute atomic E-state index is 12.5. The second-order valence-electron chi connectivity index (χ2n) is 6.08. The van der Waals surface area contributed by atoms with Gasteiger partial charge < -0.3 is 10.1 Å². The summed E-state index contributed by atoms with van der Waals surface area (Å²) in [4.78, 5) is 24.6. The van der Waals surface area contributed by atoms with Crippen LogP contribution >= 0.6 is 0 Å². The number of rotatable bonds is 3. The van der Waals surface area contributed by atoms with Crippen molar-refractivity contribution < 1.29 is 14.3 Å². The fraction of sp³-hybridized carbons (Fsp3) is 0.529. The first-order valence-corrected chi connectivity index (χ1v) is 7.66. The summed E-state index contributed by atoms with van der Waals surface area (Å²) in [6.07, 6.45) is 4.44. The molecular weight excluding hydrogens is 266 g/mol. The molecule has 4 nitrogen and oxygen atoms in total. The summed E-state index contributed by atoms with van der Waals surface area (Å²) in [5.41, 5.74) is 0.701. The minimum atomic E-state index is -0.0529. The Balaban J connectivity index is 1.70. The molecule has 1 N–H and O–H groups in total. The van der Waals surface area contributed by atoms with E-state index in [0.29, 0.717) is 30.1 Å². The molecule has 2 aliphatic carbocycles. The number of ketones is 1. The highest BCUT2D eigenvalue weighted by atomic mass is 16.5. The number of carbonyl (C=O) groups is 2. The van der Waals surface area contributed by atoms with Crippen LogP contribution in [-0.4, -0.2) is 18.8 Å². The third kappa shape index (κ3) is 2.80. The highest BCUT2D eigenvalue weighted by Crippen LogP contribution is 2.40. The molecule has 0 heterocycles. The van der Waals surface area contributed by atoms with E-state index in [0.717, 1.165) is 19.3 Å². The minimum Gasteiger partial charge on any atom is -0.495 e. The molecule has 4 heteroatoms. The molecule has 2 atom stereocenters. The Labute approximate surface area is 124 Å². The van der Waals surface area contributed by atoms with E-state index in [9.17, 15) is 9.59 Å². The van der Waals surface area contributed by atoms with Crippen LogP contribution in [0, 0.1) is 17.8 Å². The number of benzene rings is 1. The molecule has 0 saturated heterocycles. The zero-order valence-corrected chi connectivity index (χ0v) is 12.3. The summed E-state index contributed by atoms with van der Waals surface area (Å²) in [7, 11) is 1.59. The van der Waals surface area contributed by atoms with Gasteiger partial charge in [0.15, 0.2) is 0 Å². The number of nitrogens with one attached hydrogen (secondary N) is 1. The second kappa shape index (κ2) is 5.88. The SMILES string of the molecule is COc1ccccc1NC(=O)C1CC2CCCC(C1)C2=O. The van der Waals surface area contributed by atoms with Crippen LogP contribution in [0.4, 0.5) is 5.69 Å². The van der Waals surface area contributed by atoms with E-state index in [-0.39, 0.29) is 23.7 Å². The highest BCUT2D eigenvalue weighted by Gasteiger charge is 2.41. The first-order valence-electron chi connectivity index (χ1n) is 7.66. The molecule has 0 spiro atoms. The van der Waals surface area contributed by atoms with Gasteiger partial charge in [-0.2, -0.15) is 0 Å². The van der Waals surface area contributed by atoms with E-state index >= 15 is 0 Å². The standard InChI is InChI=1S/C17H21NO3/c1-21-15-8-3-2-7-14(15)18-17(20)13-9-11-5-4-6-12(10-13)16(11)19/h2-3,7-8,11-13H,4-6,9-10H2,1H3,(H,18,20). The van der Waals surface area contributed by atoms with Crippen molar-refractivity contribution in [1.82, 2.24) is 0 Å². The van der Waals surface area contributed by atoms with Crippen LogP contribution in [0.3, 0.4) is 0 Å². The lowest BCUT2D eigenvalue weighted by atomic mass is 9.67. The smallest absolute Gasteiger partial charge is 0.227 e. The first kappa shape index (κ1) is 14.1. The maximum Gasteiger partial charge on any atom is 0.227 e. The van der Waals surface area contributed by atoms with E-state index in [1.54, 1.807) is 7.11 Å². The van der Waals surface area contributed by atoms with Crippen molar-refractivity contribution in [1.29, 1.82) is 0 Å². The Morgan fingerprint density at radius 2 is 1.86 bits per heavy atom. The van der Waals surface area contributed by atoms with E-state index in [2.05, 4.69) is 5.32 Å². The van der Waals surface area contributed by atoms with Gasteiger partial charge >= 0.3 is 0 Å². The first-order chi connectivity index (χ1) is 10.2. The third-order valence-corrected chi connectivity index (χ3v) is 4.78. The van der Waals surface area contributed by atoms with Crippen LogP contribution in [0.1, 0.15) is 32.1 Å². The average molecular weight is 287 g/mol. The zero-order valence-electron chi connectivity index (χ0n) is 12.3. The van der Waals surface area contributed by atoms with Gasteiger partial charge in [0.1, 0.15) is 11.5 Å². The normalized spacial score (nSPS) is 28.0. The number of hydrogen-bond donors (Lipinski definition) is 1. The van der Waals surface area contributed by atoms with Gasteiger partial charge in [-0.05, 0) is 37.8 Å². The summed E-state index contributed by atoms with van der Waals surface area (Å²) in [5, 5.41) is 2.96. The van der Waals surface area contributed by atoms with Crippen molar-refractivity contribution in [3.8, 4) is 5.75 Å². The van der Waals surface area contributed by atoms with E-state index in [4.69, 9.17) is 4.74 Å². The van der Waals surface area contributed by atoms with Crippen LogP contribution in [0.5, 0.6) is 5.75 Å². The van der Waals surface area contributed by atoms with Crippen molar-refractivity contribution in [2.45, 2.75) is 32.1 Å². The number of Topliss-reactive ketones (excluding diaryl/α,β-unsaturated/α-hetero) is 1. The Morgan fingerprint density at radius 1 is 1.19 bits per heavy atom. The Kier molecular flexibility index (Phi) is 3.95. The molecule has 2 fully saturated rings. The lowest BCUT2D eigenvalue weighted by Gasteiger charge is -2.37. The van der Waals surface area contributed by atoms with Gasteiger partial charge in [-0.15, -0.1) is 0 Å². The predicted molar refractivity (Wildman–Crippen MR) is 80.2 cm³/mol. The molecule has 2 bridgehead atoms. The van der Waals surface area contributed by atoms with Crippen molar-refractivity contribution in [3.05, 3.63) is 24.3 Å². The predicted octanol–water partition coefficient (Wildman–Crippen LogP) is 3.03. The van der Waals surface area contributed by atoms with Crippen molar-refractivity contribution in [2.24, 2.45) is 17.8 Å². The van der Waals surface area contributed by atoms with Crippen LogP contribution in [0.25, 0.3) is 0 Å². The molecule has 2 saturated carbocycles. The average Bonchev–Trinajstić information content (AvgIpc) is 2.47. The Bertz CT molecular complexity index is 539. The van der Waals surface area contributed by atoms with Crippen LogP contribution < -0.4 is 10.1 Å². The summed E-state index contributed by atoms with van der Waals surface area (Å²) >= 11 is 0. The Morgan fingerprint density at radius 3 is 2.52 bits per heavy atom. The molecule has 3 rings (SSSR count). The fourth-order valence-corrected chi connectivity index (χ4v) is 3.68. The van der Waals surface area contributed by atoms with Gasteiger partial charge in [0, 0.05) is 17.8 Å². The Hall–Kier alpha value is -1.84. The van der Waals surface area contributed by atoms with Gasteiger partial charge in [0.2, 0.25) is 5.91 Å². The lowest BCUT2D eigenvalue weighted by molar-refractivity contribution is -0.136. The van der Waals surface area contributed by atoms with Crippen LogP contribution in [0.15, 0.2) is 24.3 Å². The molecule has 1 aromatic rings. The third-order valence-electron chi connectivity index (χ3n) is 4.78. The molecule has 0 radical (unpaired) electrons. The molecule has 112 valence electrons. The topological polar surface area (TPSA) is 55.4 Å². The quantitative estimate of drug-likeness (QED) is 0.929. The number of fused-ring (bicyclic) bond motifs is 2. The van der Waals surface area contributed by atoms with Gasteiger partial charge in [0.05, 0.1) is 12.8 Å². The van der Waals surface area contributed by atoms with Gasteiger partial charge in [-0.1, -0.05) is 18.6 Å². The number of methoxy groups -OCH3 is 1. The number of para-hydroxylation sites is 2. The number of anilines is 1. The van der Waals surface area contributed by atoms with Crippen molar-refractivity contribution >= 4 is 17.4 Å². The number of ether oxygens (including phenoxy) is 1. The monoisotopic (exact) mass is 287 g/mol. The lowest BCUT2D eigenvalue weighted by Crippen LogP contribution is -2.40. The van der Waals surface area contributed by atoms with Crippen LogP contribution in [0.2, 0.25) is 0 Å². The fourth-order valence-electron chi connectivity index (χ4n) is 3.68. The molecule has 0 aliphatic heterocycles. The summed E-state index contributed by atoms with van der Waals surface area (Å²) < 4.78 is 5.26. The van der Waals surface area contributed by atoms with E-state index < -0.39 is 0 Å². The number of hydrogen-bond acceptors (Lipinski definition) is 3. The minimum absolute atomic E-state index is 0.0175. The zero-order chi connectivity index (χ0) is 14.8. The van der Waals surface area contributed by atoms with Crippen LogP contribution in [-0.2, 0) is 9.59 Å². The molecule has 0 aromatic heterocycles.